The van der Waals surface area contributed by atoms with Crippen molar-refractivity contribution in [3.05, 3.63) is 82.1 Å². The minimum absolute atomic E-state index is 0.125. The van der Waals surface area contributed by atoms with E-state index in [0.717, 1.165) is 5.56 Å². The summed E-state index contributed by atoms with van der Waals surface area (Å²) < 4.78 is 6.28. The summed E-state index contributed by atoms with van der Waals surface area (Å²) in [6.07, 6.45) is 2.63. The van der Waals surface area contributed by atoms with Crippen LogP contribution in [-0.2, 0) is 9.59 Å². The van der Waals surface area contributed by atoms with E-state index in [2.05, 4.69) is 15.5 Å². The number of Topliss-reactive ketones (excluding diaryl/α,β-unsaturated/α-hetero) is 1. The number of urea groups is 1. The quantitative estimate of drug-likeness (QED) is 0.271. The maximum atomic E-state index is 14.3. The molecule has 3 heterocycles. The molecular weight excluding hydrogens is 576 g/mol. The van der Waals surface area contributed by atoms with Gasteiger partial charge >= 0.3 is 12.0 Å². The number of halogens is 1. The first-order valence-electron chi connectivity index (χ1n) is 13.7. The fourth-order valence-corrected chi connectivity index (χ4v) is 5.23. The predicted molar refractivity (Wildman–Crippen MR) is 157 cm³/mol. The van der Waals surface area contributed by atoms with Gasteiger partial charge in [0.15, 0.2) is 5.78 Å². The first kappa shape index (κ1) is 29.8. The first-order valence-corrected chi connectivity index (χ1v) is 14.0. The number of nitrogens with one attached hydrogen (secondary N) is 2. The molecule has 2 aliphatic rings. The summed E-state index contributed by atoms with van der Waals surface area (Å²) in [5.74, 6) is -1.60. The minimum atomic E-state index is -1.25. The number of carbonyl (C=O) groups is 4. The summed E-state index contributed by atoms with van der Waals surface area (Å²) >= 11 is 6.19. The number of aromatic nitrogens is 2. The Balaban J connectivity index is 1.69. The summed E-state index contributed by atoms with van der Waals surface area (Å²) in [7, 11) is 0. The van der Waals surface area contributed by atoms with Crippen molar-refractivity contribution >= 4 is 41.1 Å². The Kier molecular flexibility index (Phi) is 8.23. The molecular formula is C30H31ClN6O6. The number of ether oxygens (including phenoxy) is 1. The highest BCUT2D eigenvalue weighted by Gasteiger charge is 2.45. The van der Waals surface area contributed by atoms with Crippen molar-refractivity contribution in [3.63, 3.8) is 0 Å². The van der Waals surface area contributed by atoms with Gasteiger partial charge in [0.25, 0.3) is 0 Å². The zero-order valence-electron chi connectivity index (χ0n) is 23.8. The molecule has 2 aromatic carbocycles. The predicted octanol–water partition coefficient (Wildman–Crippen LogP) is 3.99. The number of amidine groups is 1. The van der Waals surface area contributed by atoms with Gasteiger partial charge in [-0.3, -0.25) is 29.4 Å². The molecule has 2 unspecified atom stereocenters. The number of aromatic amines is 1. The van der Waals surface area contributed by atoms with Crippen molar-refractivity contribution in [1.29, 1.82) is 0 Å². The molecule has 224 valence electrons. The average Bonchev–Trinajstić information content (AvgIpc) is 3.60. The lowest BCUT2D eigenvalue weighted by atomic mass is 9.95. The molecule has 1 aromatic heterocycles. The van der Waals surface area contributed by atoms with Gasteiger partial charge in [-0.25, -0.2) is 4.79 Å². The molecule has 1 saturated heterocycles. The largest absolute Gasteiger partial charge is 0.487 e. The van der Waals surface area contributed by atoms with Gasteiger partial charge in [0, 0.05) is 35.4 Å². The number of ketones is 1. The molecule has 12 nitrogen and oxygen atoms in total. The van der Waals surface area contributed by atoms with Gasteiger partial charge in [0.1, 0.15) is 36.2 Å². The van der Waals surface area contributed by atoms with Crippen LogP contribution in [0.3, 0.4) is 0 Å². The lowest BCUT2D eigenvalue weighted by molar-refractivity contribution is -0.136. The maximum absolute atomic E-state index is 14.3. The third-order valence-electron chi connectivity index (χ3n) is 6.93. The number of piperazine rings is 1. The molecule has 2 atom stereocenters. The van der Waals surface area contributed by atoms with E-state index < -0.39 is 41.9 Å². The van der Waals surface area contributed by atoms with E-state index in [4.69, 9.17) is 21.3 Å². The molecule has 1 fully saturated rings. The summed E-state index contributed by atoms with van der Waals surface area (Å²) in [5, 5.41) is 19.4. The van der Waals surface area contributed by atoms with Crippen molar-refractivity contribution in [2.75, 3.05) is 19.6 Å². The van der Waals surface area contributed by atoms with Gasteiger partial charge in [-0.15, -0.1) is 0 Å². The van der Waals surface area contributed by atoms with Crippen LogP contribution in [0.1, 0.15) is 66.3 Å². The van der Waals surface area contributed by atoms with Gasteiger partial charge in [-0.05, 0) is 50.6 Å². The van der Waals surface area contributed by atoms with E-state index in [1.165, 1.54) is 21.9 Å². The number of nitrogens with zero attached hydrogens (tertiary/aromatic N) is 4. The lowest BCUT2D eigenvalue weighted by Gasteiger charge is -2.35. The molecule has 0 saturated carbocycles. The molecule has 3 amide bonds. The fourth-order valence-electron chi connectivity index (χ4n) is 5.11. The number of hydrogen-bond acceptors (Lipinski definition) is 7. The molecule has 43 heavy (non-hydrogen) atoms. The highest BCUT2D eigenvalue weighted by atomic mass is 35.5. The number of benzene rings is 2. The van der Waals surface area contributed by atoms with E-state index in [1.807, 2.05) is 32.9 Å². The Hall–Kier alpha value is -4.71. The van der Waals surface area contributed by atoms with Crippen molar-refractivity contribution in [1.82, 2.24) is 25.3 Å². The van der Waals surface area contributed by atoms with E-state index in [0.29, 0.717) is 29.2 Å². The SMILES string of the molecule is CC(C)(C)Oc1cc(C(=O)CC(=O)O)ccc1C1=NC(c2ccc(Cl)cc2)C(c2cn[nH]c2)N1C(=O)N1CCNC(=O)C1. The van der Waals surface area contributed by atoms with Crippen molar-refractivity contribution in [3.8, 4) is 5.75 Å². The van der Waals surface area contributed by atoms with E-state index in [1.54, 1.807) is 30.6 Å². The molecule has 3 aromatic rings. The number of rotatable bonds is 7. The topological polar surface area (TPSA) is 157 Å². The second kappa shape index (κ2) is 11.9. The van der Waals surface area contributed by atoms with Crippen molar-refractivity contribution in [2.24, 2.45) is 4.99 Å². The Labute approximate surface area is 252 Å². The average molecular weight is 607 g/mol. The van der Waals surface area contributed by atoms with Crippen LogP contribution in [0.4, 0.5) is 4.79 Å². The molecule has 13 heteroatoms. The van der Waals surface area contributed by atoms with Crippen LogP contribution in [-0.4, -0.2) is 79.9 Å². The molecule has 0 bridgehead atoms. The van der Waals surface area contributed by atoms with Gasteiger partial charge in [0.2, 0.25) is 5.91 Å². The molecule has 3 N–H and O–H groups in total. The first-order chi connectivity index (χ1) is 20.4. The van der Waals surface area contributed by atoms with Crippen LogP contribution in [0.2, 0.25) is 5.02 Å². The van der Waals surface area contributed by atoms with Gasteiger partial charge in [-0.2, -0.15) is 5.10 Å². The normalized spacial score (nSPS) is 18.7. The highest BCUT2D eigenvalue weighted by Crippen LogP contribution is 2.45. The van der Waals surface area contributed by atoms with Gasteiger partial charge in [-0.1, -0.05) is 29.8 Å². The van der Waals surface area contributed by atoms with Crippen LogP contribution in [0.25, 0.3) is 0 Å². The number of H-pyrrole nitrogens is 1. The number of hydrogen-bond donors (Lipinski definition) is 3. The summed E-state index contributed by atoms with van der Waals surface area (Å²) in [4.78, 5) is 58.6. The van der Waals surface area contributed by atoms with E-state index in [9.17, 15) is 24.3 Å². The van der Waals surface area contributed by atoms with Crippen LogP contribution in [0.15, 0.2) is 59.9 Å². The van der Waals surface area contributed by atoms with E-state index >= 15 is 0 Å². The molecule has 5 rings (SSSR count). The number of aliphatic imine (C=N–C) groups is 1. The number of carbonyl (C=O) groups excluding carboxylic acids is 3. The van der Waals surface area contributed by atoms with Crippen LogP contribution in [0, 0.1) is 0 Å². The highest BCUT2D eigenvalue weighted by molar-refractivity contribution is 6.30. The Morgan fingerprint density at radius 1 is 1.12 bits per heavy atom. The smallest absolute Gasteiger partial charge is 0.326 e. The lowest BCUT2D eigenvalue weighted by Crippen LogP contribution is -2.55. The molecule has 0 spiro atoms. The second-order valence-corrected chi connectivity index (χ2v) is 11.7. The second-order valence-electron chi connectivity index (χ2n) is 11.3. The fraction of sp³-hybridized carbons (Fsp3) is 0.333. The molecule has 0 aliphatic carbocycles. The zero-order valence-corrected chi connectivity index (χ0v) is 24.6. The maximum Gasteiger partial charge on any atom is 0.326 e. The Morgan fingerprint density at radius 2 is 1.86 bits per heavy atom. The van der Waals surface area contributed by atoms with Crippen molar-refractivity contribution < 1.29 is 29.0 Å². The summed E-state index contributed by atoms with van der Waals surface area (Å²) in [6, 6.07) is 10.0. The molecule has 2 aliphatic heterocycles. The summed E-state index contributed by atoms with van der Waals surface area (Å²) in [5.41, 5.74) is 1.31. The number of aliphatic carboxylic acids is 1. The van der Waals surface area contributed by atoms with Gasteiger partial charge in [0.05, 0.1) is 17.8 Å². The Bertz CT molecular complexity index is 1580. The minimum Gasteiger partial charge on any atom is -0.487 e. The van der Waals surface area contributed by atoms with Crippen LogP contribution < -0.4 is 10.1 Å². The zero-order chi connectivity index (χ0) is 30.9. The Morgan fingerprint density at radius 3 is 2.49 bits per heavy atom. The summed E-state index contributed by atoms with van der Waals surface area (Å²) in [6.45, 7) is 5.98. The number of carboxylic acid groups (broad SMARTS) is 1. The number of carboxylic acids is 1. The van der Waals surface area contributed by atoms with Crippen molar-refractivity contribution in [2.45, 2.75) is 44.9 Å². The monoisotopic (exact) mass is 606 g/mol. The molecule has 0 radical (unpaired) electrons. The third kappa shape index (κ3) is 6.54. The van der Waals surface area contributed by atoms with Gasteiger partial charge < -0.3 is 20.1 Å². The van der Waals surface area contributed by atoms with Crippen LogP contribution >= 0.6 is 11.6 Å². The third-order valence-corrected chi connectivity index (χ3v) is 7.18. The van der Waals surface area contributed by atoms with Crippen LogP contribution in [0.5, 0.6) is 5.75 Å². The number of amides is 3. The standard InChI is InChI=1S/C30H31ClN6O6/c1-30(2,3)43-23-12-18(22(38)13-25(40)41)6-9-21(23)28-35-26(17-4-7-20(31)8-5-17)27(19-14-33-34-15-19)37(28)29(42)36-11-10-32-24(39)16-36/h4-9,12,14-15,26-27H,10-11,13,16H2,1-3H3,(H,32,39)(H,33,34)(H,40,41). The van der Waals surface area contributed by atoms with E-state index in [-0.39, 0.29) is 29.6 Å².